The lowest BCUT2D eigenvalue weighted by Crippen LogP contribution is -2.29. The highest BCUT2D eigenvalue weighted by Crippen LogP contribution is 2.35. The second-order valence-corrected chi connectivity index (χ2v) is 7.80. The van der Waals surface area contributed by atoms with Gasteiger partial charge in [-0.15, -0.1) is 0 Å². The van der Waals surface area contributed by atoms with Crippen molar-refractivity contribution in [1.82, 2.24) is 15.5 Å². The molecule has 1 saturated carbocycles. The van der Waals surface area contributed by atoms with Crippen LogP contribution in [-0.2, 0) is 16.6 Å². The monoisotopic (exact) mass is 383 g/mol. The summed E-state index contributed by atoms with van der Waals surface area (Å²) < 4.78 is 43.6. The highest BCUT2D eigenvalue weighted by molar-refractivity contribution is 7.92. The molecule has 1 heterocycles. The smallest absolute Gasteiger partial charge is 0.319 e. The lowest BCUT2D eigenvalue weighted by Gasteiger charge is -2.20. The van der Waals surface area contributed by atoms with Gasteiger partial charge < -0.3 is 15.2 Å². The van der Waals surface area contributed by atoms with Crippen LogP contribution < -0.4 is 15.4 Å². The Kier molecular flexibility index (Phi) is 5.07. The van der Waals surface area contributed by atoms with E-state index < -0.39 is 21.9 Å². The molecule has 0 aliphatic heterocycles. The summed E-state index contributed by atoms with van der Waals surface area (Å²) in [5, 5.41) is 8.59. The fraction of sp³-hybridized carbons (Fsp3) is 0.400. The molecule has 0 bridgehead atoms. The number of nitrogens with one attached hydrogen (secondary N) is 3. The van der Waals surface area contributed by atoms with Crippen LogP contribution in [0.2, 0.25) is 0 Å². The summed E-state index contributed by atoms with van der Waals surface area (Å²) in [6, 6.07) is 2.79. The lowest BCUT2D eigenvalue weighted by atomic mass is 9.85. The number of sulfonamides is 1. The Labute approximate surface area is 149 Å². The fourth-order valence-electron chi connectivity index (χ4n) is 2.38. The molecule has 9 nitrogen and oxygen atoms in total. The molecule has 0 unspecified atom stereocenters. The Morgan fingerprint density at radius 1 is 1.38 bits per heavy atom. The molecule has 1 aliphatic carbocycles. The summed E-state index contributed by atoms with van der Waals surface area (Å²) in [6.07, 6.45) is 4.15. The molecule has 0 spiro atoms. The van der Waals surface area contributed by atoms with E-state index in [1.54, 1.807) is 0 Å². The summed E-state index contributed by atoms with van der Waals surface area (Å²) in [7, 11) is -3.51. The third kappa shape index (κ3) is 4.69. The molecule has 1 fully saturated rings. The van der Waals surface area contributed by atoms with Crippen molar-refractivity contribution < 1.29 is 22.1 Å². The quantitative estimate of drug-likeness (QED) is 0.702. The minimum Gasteiger partial charge on any atom is -0.339 e. The van der Waals surface area contributed by atoms with Gasteiger partial charge in [-0.2, -0.15) is 4.98 Å². The topological polar surface area (TPSA) is 126 Å². The molecule has 11 heteroatoms. The van der Waals surface area contributed by atoms with Crippen LogP contribution in [0.1, 0.15) is 36.9 Å². The molecular formula is C15H18FN5O4S. The first kappa shape index (κ1) is 18.1. The van der Waals surface area contributed by atoms with Gasteiger partial charge in [0.05, 0.1) is 24.2 Å². The number of anilines is 2. The van der Waals surface area contributed by atoms with Gasteiger partial charge in [0, 0.05) is 5.92 Å². The lowest BCUT2D eigenvalue weighted by molar-refractivity contribution is 0.251. The summed E-state index contributed by atoms with van der Waals surface area (Å²) in [6.45, 7) is 0.0188. The number of urea groups is 1. The maximum absolute atomic E-state index is 13.8. The number of rotatable bonds is 6. The minimum absolute atomic E-state index is 0.0188. The molecule has 1 aliphatic rings. The third-order valence-electron chi connectivity index (χ3n) is 3.86. The molecule has 3 rings (SSSR count). The van der Waals surface area contributed by atoms with E-state index in [1.807, 2.05) is 0 Å². The molecule has 1 aromatic heterocycles. The van der Waals surface area contributed by atoms with Gasteiger partial charge in [-0.3, -0.25) is 4.72 Å². The van der Waals surface area contributed by atoms with E-state index in [2.05, 4.69) is 25.5 Å². The minimum atomic E-state index is -3.51. The zero-order valence-corrected chi connectivity index (χ0v) is 14.8. The van der Waals surface area contributed by atoms with Crippen molar-refractivity contribution in [1.29, 1.82) is 0 Å². The predicted molar refractivity (Wildman–Crippen MR) is 91.6 cm³/mol. The number of carbonyl (C=O) groups excluding carboxylic acids is 1. The van der Waals surface area contributed by atoms with E-state index in [0.29, 0.717) is 17.6 Å². The van der Waals surface area contributed by atoms with Gasteiger partial charge in [0.1, 0.15) is 5.82 Å². The number of hydrogen-bond donors (Lipinski definition) is 3. The molecule has 140 valence electrons. The first-order valence-corrected chi connectivity index (χ1v) is 9.84. The number of benzene rings is 1. The van der Waals surface area contributed by atoms with Crippen molar-refractivity contribution in [3.05, 3.63) is 35.7 Å². The van der Waals surface area contributed by atoms with Crippen molar-refractivity contribution in [3.63, 3.8) is 0 Å². The number of amides is 2. The Balaban J connectivity index is 1.57. The highest BCUT2D eigenvalue weighted by Gasteiger charge is 2.25. The predicted octanol–water partition coefficient (Wildman–Crippen LogP) is 2.17. The van der Waals surface area contributed by atoms with Crippen molar-refractivity contribution in [3.8, 4) is 0 Å². The average molecular weight is 383 g/mol. The Morgan fingerprint density at radius 3 is 2.81 bits per heavy atom. The Hall–Kier alpha value is -2.69. The molecule has 1 aromatic carbocycles. The summed E-state index contributed by atoms with van der Waals surface area (Å²) in [5.41, 5.74) is -0.0353. The van der Waals surface area contributed by atoms with E-state index >= 15 is 0 Å². The number of nitrogens with zero attached hydrogens (tertiary/aromatic N) is 2. The van der Waals surface area contributed by atoms with Gasteiger partial charge >= 0.3 is 6.03 Å². The molecule has 2 amide bonds. The first-order valence-electron chi connectivity index (χ1n) is 7.95. The highest BCUT2D eigenvalue weighted by atomic mass is 32.2. The molecule has 0 saturated heterocycles. The average Bonchev–Trinajstić information content (AvgIpc) is 2.94. The summed E-state index contributed by atoms with van der Waals surface area (Å²) in [4.78, 5) is 16.1. The standard InChI is InChI=1S/C15H18FN5O4S/c1-26(23,24)21-10-5-6-11(16)12(7-10)18-15(22)17-8-13-19-14(25-20-13)9-3-2-4-9/h5-7,9,21H,2-4,8H2,1H3,(H2,17,18,22). The van der Waals surface area contributed by atoms with Crippen LogP contribution in [0.25, 0.3) is 0 Å². The van der Waals surface area contributed by atoms with Gasteiger partial charge in [-0.25, -0.2) is 17.6 Å². The Morgan fingerprint density at radius 2 is 2.15 bits per heavy atom. The molecule has 0 radical (unpaired) electrons. The van der Waals surface area contributed by atoms with Crippen LogP contribution >= 0.6 is 0 Å². The van der Waals surface area contributed by atoms with E-state index in [1.165, 1.54) is 12.1 Å². The van der Waals surface area contributed by atoms with Gasteiger partial charge in [0.25, 0.3) is 0 Å². The van der Waals surface area contributed by atoms with Gasteiger partial charge in [-0.05, 0) is 31.0 Å². The second kappa shape index (κ2) is 7.28. The van der Waals surface area contributed by atoms with Gasteiger partial charge in [0.15, 0.2) is 5.82 Å². The Bertz CT molecular complexity index is 911. The number of hydrogen-bond acceptors (Lipinski definition) is 6. The third-order valence-corrected chi connectivity index (χ3v) is 4.47. The maximum atomic E-state index is 13.8. The first-order chi connectivity index (χ1) is 12.3. The van der Waals surface area contributed by atoms with E-state index in [-0.39, 0.29) is 17.9 Å². The van der Waals surface area contributed by atoms with Crippen LogP contribution in [0, 0.1) is 5.82 Å². The summed E-state index contributed by atoms with van der Waals surface area (Å²) in [5.74, 6) is 0.490. The van der Waals surface area contributed by atoms with Crippen LogP contribution in [0.3, 0.4) is 0 Å². The van der Waals surface area contributed by atoms with Crippen molar-refractivity contribution in [2.75, 3.05) is 16.3 Å². The number of halogens is 1. The van der Waals surface area contributed by atoms with Gasteiger partial charge in [-0.1, -0.05) is 11.6 Å². The van der Waals surface area contributed by atoms with Crippen LogP contribution in [0.15, 0.2) is 22.7 Å². The second-order valence-electron chi connectivity index (χ2n) is 6.05. The largest absolute Gasteiger partial charge is 0.339 e. The van der Waals surface area contributed by atoms with Crippen LogP contribution in [-0.4, -0.2) is 30.8 Å². The summed E-state index contributed by atoms with van der Waals surface area (Å²) >= 11 is 0. The van der Waals surface area contributed by atoms with Crippen molar-refractivity contribution in [2.45, 2.75) is 31.7 Å². The van der Waals surface area contributed by atoms with Crippen molar-refractivity contribution >= 4 is 27.4 Å². The molecule has 0 atom stereocenters. The molecule has 26 heavy (non-hydrogen) atoms. The van der Waals surface area contributed by atoms with Crippen LogP contribution in [0.5, 0.6) is 0 Å². The van der Waals surface area contributed by atoms with E-state index in [9.17, 15) is 17.6 Å². The van der Waals surface area contributed by atoms with Crippen molar-refractivity contribution in [2.24, 2.45) is 0 Å². The van der Waals surface area contributed by atoms with E-state index in [4.69, 9.17) is 4.52 Å². The maximum Gasteiger partial charge on any atom is 0.319 e. The SMILES string of the molecule is CS(=O)(=O)Nc1ccc(F)c(NC(=O)NCc2noc(C3CCC3)n2)c1. The zero-order valence-electron chi connectivity index (χ0n) is 14.0. The molecule has 2 aromatic rings. The number of carbonyl (C=O) groups is 1. The normalized spacial score (nSPS) is 14.5. The van der Waals surface area contributed by atoms with Crippen LogP contribution in [0.4, 0.5) is 20.6 Å². The zero-order chi connectivity index (χ0) is 18.7. The van der Waals surface area contributed by atoms with E-state index in [0.717, 1.165) is 31.6 Å². The molecular weight excluding hydrogens is 365 g/mol. The molecule has 3 N–H and O–H groups in total. The number of aromatic nitrogens is 2. The van der Waals surface area contributed by atoms with Gasteiger partial charge in [0.2, 0.25) is 15.9 Å². The fourth-order valence-corrected chi connectivity index (χ4v) is 2.94.